The fourth-order valence-corrected chi connectivity index (χ4v) is 1.24. The van der Waals surface area contributed by atoms with Crippen LogP contribution in [0.4, 0.5) is 13.2 Å². The van der Waals surface area contributed by atoms with Crippen LogP contribution in [0.25, 0.3) is 0 Å². The van der Waals surface area contributed by atoms with Gasteiger partial charge >= 0.3 is 6.18 Å². The minimum Gasteiger partial charge on any atom is -0.496 e. The van der Waals surface area contributed by atoms with Crippen LogP contribution in [0, 0.1) is 0 Å². The second-order valence-electron chi connectivity index (χ2n) is 2.35. The highest BCUT2D eigenvalue weighted by molar-refractivity contribution is 9.10. The van der Waals surface area contributed by atoms with Crippen LogP contribution in [0.1, 0.15) is 5.56 Å². The van der Waals surface area contributed by atoms with Crippen LogP contribution in [0.3, 0.4) is 0 Å². The SMILES string of the molecule is COc1cc(C(F)(F)F)ccc1Br. The van der Waals surface area contributed by atoms with E-state index in [0.29, 0.717) is 4.47 Å². The number of hydrogen-bond donors (Lipinski definition) is 0. The second-order valence-corrected chi connectivity index (χ2v) is 3.20. The maximum atomic E-state index is 12.2. The highest BCUT2D eigenvalue weighted by atomic mass is 79.9. The molecule has 0 aromatic heterocycles. The van der Waals surface area contributed by atoms with Gasteiger partial charge in [-0.3, -0.25) is 0 Å². The van der Waals surface area contributed by atoms with E-state index < -0.39 is 11.7 Å². The van der Waals surface area contributed by atoms with Gasteiger partial charge in [0.1, 0.15) is 5.75 Å². The Morgan fingerprint density at radius 2 is 1.92 bits per heavy atom. The Morgan fingerprint density at radius 3 is 2.38 bits per heavy atom. The predicted molar refractivity (Wildman–Crippen MR) is 45.7 cm³/mol. The van der Waals surface area contributed by atoms with Crippen molar-refractivity contribution in [2.75, 3.05) is 7.11 Å². The topological polar surface area (TPSA) is 9.23 Å². The van der Waals surface area contributed by atoms with E-state index in [4.69, 9.17) is 4.74 Å². The molecule has 0 saturated heterocycles. The lowest BCUT2D eigenvalue weighted by Gasteiger charge is -2.09. The quantitative estimate of drug-likeness (QED) is 0.746. The maximum Gasteiger partial charge on any atom is 0.416 e. The lowest BCUT2D eigenvalue weighted by molar-refractivity contribution is -0.137. The molecule has 0 spiro atoms. The molecule has 1 aromatic rings. The average Bonchev–Trinajstić information content (AvgIpc) is 2.03. The zero-order valence-electron chi connectivity index (χ0n) is 6.65. The fourth-order valence-electron chi connectivity index (χ4n) is 0.836. The molecule has 0 amide bonds. The number of rotatable bonds is 1. The Hall–Kier alpha value is -0.710. The predicted octanol–water partition coefficient (Wildman–Crippen LogP) is 3.48. The van der Waals surface area contributed by atoms with Crippen molar-refractivity contribution in [3.05, 3.63) is 28.2 Å². The van der Waals surface area contributed by atoms with Crippen molar-refractivity contribution >= 4 is 15.9 Å². The van der Waals surface area contributed by atoms with Crippen molar-refractivity contribution < 1.29 is 17.9 Å². The molecule has 0 radical (unpaired) electrons. The molecular weight excluding hydrogens is 249 g/mol. The minimum atomic E-state index is -4.33. The smallest absolute Gasteiger partial charge is 0.416 e. The molecule has 1 aromatic carbocycles. The molecule has 0 saturated carbocycles. The van der Waals surface area contributed by atoms with Crippen LogP contribution in [-0.2, 0) is 6.18 Å². The Morgan fingerprint density at radius 1 is 1.31 bits per heavy atom. The molecular formula is C8H6BrF3O. The third-order valence-corrected chi connectivity index (χ3v) is 2.13. The van der Waals surface area contributed by atoms with Gasteiger partial charge in [-0.25, -0.2) is 0 Å². The van der Waals surface area contributed by atoms with Crippen LogP contribution in [0.2, 0.25) is 0 Å². The summed E-state index contributed by atoms with van der Waals surface area (Å²) in [7, 11) is 1.32. The highest BCUT2D eigenvalue weighted by Gasteiger charge is 2.31. The summed E-state index contributed by atoms with van der Waals surface area (Å²) in [6.07, 6.45) is -4.33. The first-order valence-corrected chi connectivity index (χ1v) is 4.15. The first kappa shape index (κ1) is 10.4. The van der Waals surface area contributed by atoms with E-state index in [1.165, 1.54) is 13.2 Å². The van der Waals surface area contributed by atoms with Crippen molar-refractivity contribution in [1.29, 1.82) is 0 Å². The van der Waals surface area contributed by atoms with Crippen molar-refractivity contribution in [3.63, 3.8) is 0 Å². The van der Waals surface area contributed by atoms with Crippen LogP contribution < -0.4 is 4.74 Å². The number of alkyl halides is 3. The molecule has 0 aliphatic heterocycles. The number of ether oxygens (including phenoxy) is 1. The molecule has 0 atom stereocenters. The van der Waals surface area contributed by atoms with E-state index in [-0.39, 0.29) is 5.75 Å². The first-order chi connectivity index (χ1) is 5.95. The maximum absolute atomic E-state index is 12.2. The number of methoxy groups -OCH3 is 1. The molecule has 0 N–H and O–H groups in total. The van der Waals surface area contributed by atoms with Gasteiger partial charge in [-0.2, -0.15) is 13.2 Å². The van der Waals surface area contributed by atoms with E-state index >= 15 is 0 Å². The second kappa shape index (κ2) is 3.57. The number of halogens is 4. The Bertz CT molecular complexity index is 309. The van der Waals surface area contributed by atoms with Crippen LogP contribution >= 0.6 is 15.9 Å². The van der Waals surface area contributed by atoms with E-state index in [1.807, 2.05) is 0 Å². The summed E-state index contributed by atoms with van der Waals surface area (Å²) in [5.41, 5.74) is -0.715. The highest BCUT2D eigenvalue weighted by Crippen LogP contribution is 2.34. The molecule has 0 aliphatic rings. The van der Waals surface area contributed by atoms with E-state index in [1.54, 1.807) is 0 Å². The summed E-state index contributed by atoms with van der Waals surface area (Å²) in [4.78, 5) is 0. The molecule has 0 aliphatic carbocycles. The van der Waals surface area contributed by atoms with E-state index in [9.17, 15) is 13.2 Å². The fraction of sp³-hybridized carbons (Fsp3) is 0.250. The molecule has 0 fully saturated rings. The Balaban J connectivity index is 3.14. The zero-order valence-corrected chi connectivity index (χ0v) is 8.24. The first-order valence-electron chi connectivity index (χ1n) is 3.36. The lowest BCUT2D eigenvalue weighted by Crippen LogP contribution is -2.04. The largest absolute Gasteiger partial charge is 0.496 e. The summed E-state index contributed by atoms with van der Waals surface area (Å²) >= 11 is 3.06. The van der Waals surface area contributed by atoms with Gasteiger partial charge in [0, 0.05) is 0 Å². The van der Waals surface area contributed by atoms with Gasteiger partial charge < -0.3 is 4.74 Å². The van der Waals surface area contributed by atoms with Gasteiger partial charge in [0.15, 0.2) is 0 Å². The van der Waals surface area contributed by atoms with Gasteiger partial charge in [-0.1, -0.05) is 0 Å². The molecule has 72 valence electrons. The summed E-state index contributed by atoms with van der Waals surface area (Å²) in [6, 6.07) is 3.25. The van der Waals surface area contributed by atoms with Crippen LogP contribution in [0.15, 0.2) is 22.7 Å². The number of hydrogen-bond acceptors (Lipinski definition) is 1. The summed E-state index contributed by atoms with van der Waals surface area (Å²) in [5.74, 6) is 0.176. The number of benzene rings is 1. The molecule has 0 heterocycles. The summed E-state index contributed by atoms with van der Waals surface area (Å²) in [6.45, 7) is 0. The Kier molecular flexibility index (Phi) is 2.85. The van der Waals surface area contributed by atoms with Crippen molar-refractivity contribution in [2.24, 2.45) is 0 Å². The van der Waals surface area contributed by atoms with Crippen LogP contribution in [-0.4, -0.2) is 7.11 Å². The molecule has 0 bridgehead atoms. The van der Waals surface area contributed by atoms with E-state index in [2.05, 4.69) is 15.9 Å². The Labute approximate surface area is 81.6 Å². The monoisotopic (exact) mass is 254 g/mol. The van der Waals surface area contributed by atoms with Crippen molar-refractivity contribution in [1.82, 2.24) is 0 Å². The van der Waals surface area contributed by atoms with Gasteiger partial charge in [-0.15, -0.1) is 0 Å². The van der Waals surface area contributed by atoms with Gasteiger partial charge in [-0.05, 0) is 34.1 Å². The zero-order chi connectivity index (χ0) is 10.1. The summed E-state index contributed by atoms with van der Waals surface area (Å²) in [5, 5.41) is 0. The molecule has 5 heteroatoms. The molecule has 1 nitrogen and oxygen atoms in total. The summed E-state index contributed by atoms with van der Waals surface area (Å²) < 4.78 is 41.7. The molecule has 0 unspecified atom stereocenters. The van der Waals surface area contributed by atoms with E-state index in [0.717, 1.165) is 12.1 Å². The third kappa shape index (κ3) is 2.37. The van der Waals surface area contributed by atoms with Gasteiger partial charge in [0.2, 0.25) is 0 Å². The minimum absolute atomic E-state index is 0.176. The molecule has 1 rings (SSSR count). The van der Waals surface area contributed by atoms with Gasteiger partial charge in [0.05, 0.1) is 17.1 Å². The van der Waals surface area contributed by atoms with Crippen LogP contribution in [0.5, 0.6) is 5.75 Å². The molecule has 13 heavy (non-hydrogen) atoms. The average molecular weight is 255 g/mol. The standard InChI is InChI=1S/C8H6BrF3O/c1-13-7-4-5(8(10,11)12)2-3-6(7)9/h2-4H,1H3. The third-order valence-electron chi connectivity index (χ3n) is 1.48. The van der Waals surface area contributed by atoms with Crippen molar-refractivity contribution in [3.8, 4) is 5.75 Å². The normalized spacial score (nSPS) is 11.5. The van der Waals surface area contributed by atoms with Gasteiger partial charge in [0.25, 0.3) is 0 Å². The van der Waals surface area contributed by atoms with Crippen molar-refractivity contribution in [2.45, 2.75) is 6.18 Å². The lowest BCUT2D eigenvalue weighted by atomic mass is 10.2.